The standard InChI is InChI=1S/C12H23NO4S2/c1-18(14,15)12-4-2-3-11(9-12)13-10-5-7-19(16,17)8-6-10/h10-13H,2-9H2,1H3. The van der Waals surface area contributed by atoms with Crippen LogP contribution in [0.5, 0.6) is 0 Å². The van der Waals surface area contributed by atoms with Crippen LogP contribution in [0, 0.1) is 0 Å². The van der Waals surface area contributed by atoms with Crippen LogP contribution in [0.4, 0.5) is 0 Å². The van der Waals surface area contributed by atoms with Gasteiger partial charge in [0.2, 0.25) is 0 Å². The molecule has 1 aliphatic carbocycles. The summed E-state index contributed by atoms with van der Waals surface area (Å²) in [5.74, 6) is 0.514. The molecular formula is C12H23NO4S2. The maximum absolute atomic E-state index is 11.6. The summed E-state index contributed by atoms with van der Waals surface area (Å²) in [6.45, 7) is 0. The summed E-state index contributed by atoms with van der Waals surface area (Å²) >= 11 is 0. The molecule has 2 unspecified atom stereocenters. The molecule has 0 aromatic heterocycles. The Labute approximate surface area is 116 Å². The van der Waals surface area contributed by atoms with Crippen LogP contribution >= 0.6 is 0 Å². The van der Waals surface area contributed by atoms with Crippen molar-refractivity contribution in [3.63, 3.8) is 0 Å². The van der Waals surface area contributed by atoms with E-state index < -0.39 is 19.7 Å². The van der Waals surface area contributed by atoms with Crippen LogP contribution in [0.15, 0.2) is 0 Å². The second-order valence-corrected chi connectivity index (χ2v) is 10.5. The van der Waals surface area contributed by atoms with Crippen molar-refractivity contribution in [2.24, 2.45) is 0 Å². The van der Waals surface area contributed by atoms with Gasteiger partial charge in [0, 0.05) is 18.3 Å². The molecule has 0 amide bonds. The van der Waals surface area contributed by atoms with Crippen LogP contribution in [-0.2, 0) is 19.7 Å². The predicted molar refractivity (Wildman–Crippen MR) is 75.7 cm³/mol. The van der Waals surface area contributed by atoms with E-state index in [1.54, 1.807) is 0 Å². The fraction of sp³-hybridized carbons (Fsp3) is 1.00. The molecule has 19 heavy (non-hydrogen) atoms. The van der Waals surface area contributed by atoms with Gasteiger partial charge in [-0.3, -0.25) is 0 Å². The van der Waals surface area contributed by atoms with E-state index in [1.807, 2.05) is 0 Å². The molecule has 1 saturated heterocycles. The molecule has 2 fully saturated rings. The zero-order chi connectivity index (χ0) is 14.1. The Morgan fingerprint density at radius 1 is 1.00 bits per heavy atom. The monoisotopic (exact) mass is 309 g/mol. The van der Waals surface area contributed by atoms with Crippen LogP contribution in [0.25, 0.3) is 0 Å². The molecule has 2 atom stereocenters. The first-order valence-corrected chi connectivity index (χ1v) is 10.7. The quantitative estimate of drug-likeness (QED) is 0.821. The second kappa shape index (κ2) is 5.69. The molecule has 112 valence electrons. The normalized spacial score (nSPS) is 33.1. The van der Waals surface area contributed by atoms with Gasteiger partial charge < -0.3 is 5.32 Å². The minimum Gasteiger partial charge on any atom is -0.311 e. The van der Waals surface area contributed by atoms with Crippen molar-refractivity contribution >= 4 is 19.7 Å². The highest BCUT2D eigenvalue weighted by atomic mass is 32.2. The van der Waals surface area contributed by atoms with Gasteiger partial charge in [-0.2, -0.15) is 0 Å². The molecule has 1 N–H and O–H groups in total. The summed E-state index contributed by atoms with van der Waals surface area (Å²) in [6.07, 6.45) is 5.98. The van der Waals surface area contributed by atoms with Crippen LogP contribution in [-0.4, -0.2) is 51.9 Å². The highest BCUT2D eigenvalue weighted by Gasteiger charge is 2.31. The third-order valence-corrected chi connectivity index (χ3v) is 7.61. The van der Waals surface area contributed by atoms with E-state index in [0.717, 1.165) is 19.3 Å². The number of rotatable bonds is 3. The summed E-state index contributed by atoms with van der Waals surface area (Å²) in [7, 11) is -5.78. The highest BCUT2D eigenvalue weighted by Crippen LogP contribution is 2.25. The Hall–Kier alpha value is -0.140. The molecule has 1 aliphatic heterocycles. The van der Waals surface area contributed by atoms with Crippen molar-refractivity contribution in [2.75, 3.05) is 17.8 Å². The second-order valence-electron chi connectivity index (χ2n) is 5.91. The minimum absolute atomic E-state index is 0.222. The van der Waals surface area contributed by atoms with E-state index in [1.165, 1.54) is 6.26 Å². The molecule has 0 aromatic carbocycles. The lowest BCUT2D eigenvalue weighted by molar-refractivity contribution is 0.324. The minimum atomic E-state index is -2.95. The lowest BCUT2D eigenvalue weighted by Crippen LogP contribution is -2.46. The van der Waals surface area contributed by atoms with Gasteiger partial charge in [-0.15, -0.1) is 0 Å². The van der Waals surface area contributed by atoms with Gasteiger partial charge in [0.15, 0.2) is 0 Å². The average Bonchev–Trinajstić information content (AvgIpc) is 2.31. The number of sulfone groups is 2. The summed E-state index contributed by atoms with van der Waals surface area (Å²) in [6, 6.07) is 0.450. The lowest BCUT2D eigenvalue weighted by Gasteiger charge is -2.33. The number of nitrogens with one attached hydrogen (secondary N) is 1. The molecule has 2 rings (SSSR count). The van der Waals surface area contributed by atoms with E-state index in [-0.39, 0.29) is 28.8 Å². The Bertz CT molecular complexity index is 498. The Balaban J connectivity index is 1.86. The molecule has 2 aliphatic rings. The predicted octanol–water partition coefficient (Wildman–Crippen LogP) is 0.509. The van der Waals surface area contributed by atoms with Gasteiger partial charge >= 0.3 is 0 Å². The first kappa shape index (κ1) is 15.3. The molecule has 0 spiro atoms. The average molecular weight is 309 g/mol. The largest absolute Gasteiger partial charge is 0.311 e. The molecular weight excluding hydrogens is 286 g/mol. The zero-order valence-electron chi connectivity index (χ0n) is 11.3. The first-order chi connectivity index (χ1) is 8.76. The molecule has 0 radical (unpaired) electrons. The molecule has 1 heterocycles. The van der Waals surface area contributed by atoms with E-state index in [4.69, 9.17) is 0 Å². The van der Waals surface area contributed by atoms with E-state index in [0.29, 0.717) is 19.3 Å². The number of hydrogen-bond acceptors (Lipinski definition) is 5. The smallest absolute Gasteiger partial charge is 0.150 e. The van der Waals surface area contributed by atoms with Crippen LogP contribution in [0.1, 0.15) is 38.5 Å². The molecule has 0 aromatic rings. The van der Waals surface area contributed by atoms with Gasteiger partial charge in [-0.05, 0) is 32.1 Å². The van der Waals surface area contributed by atoms with Gasteiger partial charge in [-0.1, -0.05) is 6.42 Å². The summed E-state index contributed by atoms with van der Waals surface area (Å²) in [5.41, 5.74) is 0. The Morgan fingerprint density at radius 3 is 2.21 bits per heavy atom. The summed E-state index contributed by atoms with van der Waals surface area (Å²) < 4.78 is 45.9. The Morgan fingerprint density at radius 2 is 1.63 bits per heavy atom. The fourth-order valence-corrected chi connectivity index (χ4v) is 5.74. The van der Waals surface area contributed by atoms with Crippen molar-refractivity contribution in [1.82, 2.24) is 5.32 Å². The fourth-order valence-electron chi connectivity index (χ4n) is 3.08. The van der Waals surface area contributed by atoms with Crippen LogP contribution in [0.3, 0.4) is 0 Å². The maximum atomic E-state index is 11.6. The Kier molecular flexibility index (Phi) is 4.57. The van der Waals surface area contributed by atoms with Crippen molar-refractivity contribution in [1.29, 1.82) is 0 Å². The van der Waals surface area contributed by atoms with Crippen LogP contribution in [0.2, 0.25) is 0 Å². The van der Waals surface area contributed by atoms with Crippen molar-refractivity contribution < 1.29 is 16.8 Å². The maximum Gasteiger partial charge on any atom is 0.150 e. The lowest BCUT2D eigenvalue weighted by atomic mass is 9.94. The summed E-state index contributed by atoms with van der Waals surface area (Å²) in [4.78, 5) is 0. The topological polar surface area (TPSA) is 80.3 Å². The molecule has 1 saturated carbocycles. The molecule has 7 heteroatoms. The third-order valence-electron chi connectivity index (χ3n) is 4.26. The van der Waals surface area contributed by atoms with Crippen molar-refractivity contribution in [3.8, 4) is 0 Å². The van der Waals surface area contributed by atoms with Crippen molar-refractivity contribution in [3.05, 3.63) is 0 Å². The third kappa shape index (κ3) is 4.43. The van der Waals surface area contributed by atoms with Crippen molar-refractivity contribution in [2.45, 2.75) is 55.9 Å². The number of hydrogen-bond donors (Lipinski definition) is 1. The van der Waals surface area contributed by atoms with Crippen LogP contribution < -0.4 is 5.32 Å². The van der Waals surface area contributed by atoms with E-state index in [2.05, 4.69) is 5.32 Å². The van der Waals surface area contributed by atoms with Gasteiger partial charge in [0.25, 0.3) is 0 Å². The van der Waals surface area contributed by atoms with Gasteiger partial charge in [-0.25, -0.2) is 16.8 Å². The molecule has 5 nitrogen and oxygen atoms in total. The summed E-state index contributed by atoms with van der Waals surface area (Å²) in [5, 5.41) is 3.24. The van der Waals surface area contributed by atoms with E-state index in [9.17, 15) is 16.8 Å². The molecule has 0 bridgehead atoms. The first-order valence-electron chi connectivity index (χ1n) is 6.91. The zero-order valence-corrected chi connectivity index (χ0v) is 13.0. The SMILES string of the molecule is CS(=O)(=O)C1CCCC(NC2CCS(=O)(=O)CC2)C1. The van der Waals surface area contributed by atoms with E-state index >= 15 is 0 Å². The van der Waals surface area contributed by atoms with Gasteiger partial charge in [0.1, 0.15) is 19.7 Å². The van der Waals surface area contributed by atoms with Gasteiger partial charge in [0.05, 0.1) is 16.8 Å². The highest BCUT2D eigenvalue weighted by molar-refractivity contribution is 7.91.